The van der Waals surface area contributed by atoms with Crippen LogP contribution in [-0.2, 0) is 0 Å². The van der Waals surface area contributed by atoms with Gasteiger partial charge in [0.15, 0.2) is 0 Å². The molecule has 3 rings (SSSR count). The Balaban J connectivity index is 2.09. The second kappa shape index (κ2) is 3.72. The quantitative estimate of drug-likeness (QED) is 0.819. The molecular formula is C11H11ClN2S. The van der Waals surface area contributed by atoms with E-state index in [-0.39, 0.29) is 0 Å². The molecule has 0 amide bonds. The predicted octanol–water partition coefficient (Wildman–Crippen LogP) is 3.78. The number of rotatable bonds is 1. The topological polar surface area (TPSA) is 28.7 Å². The Bertz CT molecular complexity index is 488. The largest absolute Gasteiger partial charge is 0.341 e. The maximum atomic E-state index is 6.09. The number of imidazole rings is 1. The molecule has 1 saturated heterocycles. The zero-order valence-electron chi connectivity index (χ0n) is 8.16. The van der Waals surface area contributed by atoms with Crippen molar-refractivity contribution in [2.45, 2.75) is 18.1 Å². The first kappa shape index (κ1) is 9.55. The van der Waals surface area contributed by atoms with E-state index in [4.69, 9.17) is 11.6 Å². The number of H-pyrrole nitrogens is 1. The van der Waals surface area contributed by atoms with Crippen molar-refractivity contribution in [2.24, 2.45) is 0 Å². The van der Waals surface area contributed by atoms with E-state index in [1.165, 1.54) is 18.6 Å². The maximum absolute atomic E-state index is 6.09. The molecular weight excluding hydrogens is 228 g/mol. The van der Waals surface area contributed by atoms with Gasteiger partial charge in [0.1, 0.15) is 11.3 Å². The van der Waals surface area contributed by atoms with Crippen LogP contribution in [0.4, 0.5) is 0 Å². The van der Waals surface area contributed by atoms with Gasteiger partial charge in [-0.15, -0.1) is 0 Å². The maximum Gasteiger partial charge on any atom is 0.120 e. The Hall–Kier alpha value is -0.670. The van der Waals surface area contributed by atoms with E-state index < -0.39 is 0 Å². The summed E-state index contributed by atoms with van der Waals surface area (Å²) in [4.78, 5) is 7.95. The molecule has 0 aliphatic carbocycles. The molecule has 1 unspecified atom stereocenters. The number of hydrogen-bond donors (Lipinski definition) is 1. The van der Waals surface area contributed by atoms with Crippen LogP contribution in [0.2, 0.25) is 5.02 Å². The van der Waals surface area contributed by atoms with Crippen LogP contribution >= 0.6 is 23.4 Å². The molecule has 4 heteroatoms. The molecule has 1 aromatic heterocycles. The summed E-state index contributed by atoms with van der Waals surface area (Å²) in [5, 5.41) is 1.27. The standard InChI is InChI=1S/C11H11ClN2S/c12-7-3-1-4-8-10(7)14-11(13-8)9-5-2-6-15-9/h1,3-4,9H,2,5-6H2,(H,13,14). The van der Waals surface area contributed by atoms with Crippen LogP contribution in [0.25, 0.3) is 11.0 Å². The summed E-state index contributed by atoms with van der Waals surface area (Å²) in [6, 6.07) is 5.86. The molecule has 1 N–H and O–H groups in total. The normalized spacial score (nSPS) is 21.3. The van der Waals surface area contributed by atoms with Crippen molar-refractivity contribution in [2.75, 3.05) is 5.75 Å². The third-order valence-electron chi connectivity index (χ3n) is 2.72. The van der Waals surface area contributed by atoms with E-state index in [0.29, 0.717) is 5.25 Å². The lowest BCUT2D eigenvalue weighted by atomic mass is 10.2. The predicted molar refractivity (Wildman–Crippen MR) is 65.5 cm³/mol. The fourth-order valence-corrected chi connectivity index (χ4v) is 3.40. The molecule has 0 bridgehead atoms. The van der Waals surface area contributed by atoms with Gasteiger partial charge in [0, 0.05) is 0 Å². The molecule has 0 saturated carbocycles. The minimum absolute atomic E-state index is 0.536. The summed E-state index contributed by atoms with van der Waals surface area (Å²) in [6.45, 7) is 0. The third kappa shape index (κ3) is 1.64. The monoisotopic (exact) mass is 238 g/mol. The van der Waals surface area contributed by atoms with Gasteiger partial charge in [-0.05, 0) is 30.7 Å². The van der Waals surface area contributed by atoms with Crippen molar-refractivity contribution in [3.05, 3.63) is 29.0 Å². The number of thioether (sulfide) groups is 1. The van der Waals surface area contributed by atoms with Crippen molar-refractivity contribution in [1.82, 2.24) is 9.97 Å². The smallest absolute Gasteiger partial charge is 0.120 e. The molecule has 0 spiro atoms. The average molecular weight is 239 g/mol. The number of hydrogen-bond acceptors (Lipinski definition) is 2. The van der Waals surface area contributed by atoms with Crippen LogP contribution < -0.4 is 0 Å². The second-order valence-corrected chi connectivity index (χ2v) is 5.48. The van der Waals surface area contributed by atoms with Gasteiger partial charge in [-0.2, -0.15) is 11.8 Å². The Kier molecular flexibility index (Phi) is 2.37. The van der Waals surface area contributed by atoms with Crippen molar-refractivity contribution in [3.8, 4) is 0 Å². The van der Waals surface area contributed by atoms with E-state index in [2.05, 4.69) is 9.97 Å². The molecule has 1 atom stereocenters. The first-order valence-electron chi connectivity index (χ1n) is 5.10. The summed E-state index contributed by atoms with van der Waals surface area (Å²) in [7, 11) is 0. The Labute approximate surface area is 97.4 Å². The molecule has 0 radical (unpaired) electrons. The molecule has 1 fully saturated rings. The highest BCUT2D eigenvalue weighted by Crippen LogP contribution is 2.39. The van der Waals surface area contributed by atoms with E-state index in [1.54, 1.807) is 0 Å². The van der Waals surface area contributed by atoms with E-state index >= 15 is 0 Å². The van der Waals surface area contributed by atoms with Crippen molar-refractivity contribution >= 4 is 34.4 Å². The molecule has 1 aromatic carbocycles. The summed E-state index contributed by atoms with van der Waals surface area (Å²) in [6.07, 6.45) is 2.52. The summed E-state index contributed by atoms with van der Waals surface area (Å²) in [5.74, 6) is 2.33. The van der Waals surface area contributed by atoms with E-state index in [0.717, 1.165) is 21.9 Å². The summed E-state index contributed by atoms with van der Waals surface area (Å²) in [5.41, 5.74) is 1.95. The highest BCUT2D eigenvalue weighted by Gasteiger charge is 2.21. The molecule has 78 valence electrons. The van der Waals surface area contributed by atoms with E-state index in [9.17, 15) is 0 Å². The molecule has 15 heavy (non-hydrogen) atoms. The minimum Gasteiger partial charge on any atom is -0.341 e. The molecule has 2 nitrogen and oxygen atoms in total. The van der Waals surface area contributed by atoms with Crippen molar-refractivity contribution in [3.63, 3.8) is 0 Å². The van der Waals surface area contributed by atoms with Crippen LogP contribution in [0.5, 0.6) is 0 Å². The van der Waals surface area contributed by atoms with Crippen molar-refractivity contribution < 1.29 is 0 Å². The number of fused-ring (bicyclic) bond motifs is 1. The summed E-state index contributed by atoms with van der Waals surface area (Å²) >= 11 is 8.07. The fourth-order valence-electron chi connectivity index (χ4n) is 1.96. The molecule has 1 aliphatic heterocycles. The van der Waals surface area contributed by atoms with E-state index in [1.807, 2.05) is 30.0 Å². The number of aromatic nitrogens is 2. The van der Waals surface area contributed by atoms with Gasteiger partial charge in [0.2, 0.25) is 0 Å². The lowest BCUT2D eigenvalue weighted by molar-refractivity contribution is 0.793. The van der Waals surface area contributed by atoms with Crippen LogP contribution in [0.3, 0.4) is 0 Å². The molecule has 2 heterocycles. The Morgan fingerprint density at radius 2 is 2.40 bits per heavy atom. The van der Waals surface area contributed by atoms with Gasteiger partial charge >= 0.3 is 0 Å². The average Bonchev–Trinajstić information content (AvgIpc) is 2.86. The van der Waals surface area contributed by atoms with Crippen LogP contribution in [0.1, 0.15) is 23.9 Å². The van der Waals surface area contributed by atoms with Gasteiger partial charge in [-0.1, -0.05) is 17.7 Å². The second-order valence-electron chi connectivity index (χ2n) is 3.76. The first-order chi connectivity index (χ1) is 7.34. The number of nitrogens with one attached hydrogen (secondary N) is 1. The lowest BCUT2D eigenvalue weighted by Crippen LogP contribution is -1.90. The van der Waals surface area contributed by atoms with Crippen molar-refractivity contribution in [1.29, 1.82) is 0 Å². The zero-order chi connectivity index (χ0) is 10.3. The minimum atomic E-state index is 0.536. The Morgan fingerprint density at radius 1 is 1.47 bits per heavy atom. The number of nitrogens with zero attached hydrogens (tertiary/aromatic N) is 1. The van der Waals surface area contributed by atoms with Gasteiger partial charge in [-0.25, -0.2) is 4.98 Å². The fraction of sp³-hybridized carbons (Fsp3) is 0.364. The number of para-hydroxylation sites is 1. The molecule has 1 aliphatic rings. The number of benzene rings is 1. The Morgan fingerprint density at radius 3 is 3.13 bits per heavy atom. The first-order valence-corrected chi connectivity index (χ1v) is 6.53. The van der Waals surface area contributed by atoms with Crippen LogP contribution in [0, 0.1) is 0 Å². The molecule has 2 aromatic rings. The highest BCUT2D eigenvalue weighted by atomic mass is 35.5. The van der Waals surface area contributed by atoms with Gasteiger partial charge in [0.05, 0.1) is 15.8 Å². The van der Waals surface area contributed by atoms with Gasteiger partial charge in [-0.3, -0.25) is 0 Å². The zero-order valence-corrected chi connectivity index (χ0v) is 9.74. The number of aromatic amines is 1. The lowest BCUT2D eigenvalue weighted by Gasteiger charge is -2.01. The van der Waals surface area contributed by atoms with Gasteiger partial charge < -0.3 is 4.98 Å². The highest BCUT2D eigenvalue weighted by molar-refractivity contribution is 7.99. The number of halogens is 1. The van der Waals surface area contributed by atoms with Gasteiger partial charge in [0.25, 0.3) is 0 Å². The summed E-state index contributed by atoms with van der Waals surface area (Å²) < 4.78 is 0. The van der Waals surface area contributed by atoms with Crippen LogP contribution in [0.15, 0.2) is 18.2 Å². The van der Waals surface area contributed by atoms with Crippen LogP contribution in [-0.4, -0.2) is 15.7 Å². The SMILES string of the molecule is Clc1cccc2[nH]c(C3CCCS3)nc12. The third-order valence-corrected chi connectivity index (χ3v) is 4.41.